The van der Waals surface area contributed by atoms with E-state index in [0.29, 0.717) is 6.42 Å². The number of carbonyl (C=O) groups excluding carboxylic acids is 2. The second-order valence-electron chi connectivity index (χ2n) is 5.32. The van der Waals surface area contributed by atoms with Crippen molar-refractivity contribution >= 4 is 22.6 Å². The molecule has 0 aliphatic heterocycles. The number of nitrogens with zero attached hydrogens (tertiary/aromatic N) is 2. The molecule has 0 saturated carbocycles. The number of nitriles is 1. The highest BCUT2D eigenvalue weighted by molar-refractivity contribution is 5.88. The molecular weight excluding hydrogens is 290 g/mol. The minimum absolute atomic E-state index is 0.281. The molecule has 0 spiro atoms. The van der Waals surface area contributed by atoms with E-state index in [9.17, 15) is 9.59 Å². The second kappa shape index (κ2) is 7.41. The molecule has 0 radical (unpaired) electrons. The van der Waals surface area contributed by atoms with Gasteiger partial charge in [-0.3, -0.25) is 9.59 Å². The van der Waals surface area contributed by atoms with Gasteiger partial charge < -0.3 is 5.32 Å². The van der Waals surface area contributed by atoms with Gasteiger partial charge in [-0.2, -0.15) is 5.26 Å². The number of likely N-dealkylation sites (N-methyl/N-ethyl adjacent to an activating group) is 1. The first-order valence-electron chi connectivity index (χ1n) is 7.51. The molecule has 5 nitrogen and oxygen atoms in total. The smallest absolute Gasteiger partial charge is 0.258 e. The molecule has 2 aromatic carbocycles. The van der Waals surface area contributed by atoms with Crippen molar-refractivity contribution in [2.45, 2.75) is 26.3 Å². The number of hydrogen-bond donors (Lipinski definition) is 1. The summed E-state index contributed by atoms with van der Waals surface area (Å²) in [7, 11) is 0. The molecule has 5 heteroatoms. The number of benzene rings is 2. The Hall–Kier alpha value is -2.87. The molecule has 118 valence electrons. The van der Waals surface area contributed by atoms with Crippen LogP contribution in [0.2, 0.25) is 0 Å². The normalized spacial score (nSPS) is 11.5. The van der Waals surface area contributed by atoms with E-state index in [-0.39, 0.29) is 12.5 Å². The van der Waals surface area contributed by atoms with E-state index >= 15 is 0 Å². The number of fused-ring (bicyclic) bond motifs is 1. The Kier molecular flexibility index (Phi) is 5.32. The highest BCUT2D eigenvalue weighted by atomic mass is 16.2. The van der Waals surface area contributed by atoms with Crippen molar-refractivity contribution in [2.24, 2.45) is 0 Å². The molecule has 1 N–H and O–H groups in total. The summed E-state index contributed by atoms with van der Waals surface area (Å²) in [5.41, 5.74) is 0.935. The summed E-state index contributed by atoms with van der Waals surface area (Å²) in [6, 6.07) is 13.1. The summed E-state index contributed by atoms with van der Waals surface area (Å²) >= 11 is 0. The Labute approximate surface area is 135 Å². The van der Waals surface area contributed by atoms with E-state index in [1.165, 1.54) is 6.92 Å². The van der Waals surface area contributed by atoms with E-state index in [1.807, 2.05) is 48.7 Å². The van der Waals surface area contributed by atoms with Crippen molar-refractivity contribution in [3.63, 3.8) is 0 Å². The quantitative estimate of drug-likeness (QED) is 0.680. The van der Waals surface area contributed by atoms with Crippen molar-refractivity contribution in [3.8, 4) is 6.19 Å². The molecule has 0 aliphatic rings. The standard InChI is InChI=1S/C18H19N3O2/c1-3-21(12-19)18(23)17(20-13(2)22)11-14-8-9-15-6-4-5-7-16(15)10-14/h4-10,17H,3,11H2,1-2H3,(H,20,22). The molecular formula is C18H19N3O2. The molecule has 0 saturated heterocycles. The molecule has 0 fully saturated rings. The molecule has 0 heterocycles. The van der Waals surface area contributed by atoms with Crippen LogP contribution in [0.4, 0.5) is 0 Å². The Morgan fingerprint density at radius 2 is 1.91 bits per heavy atom. The maximum Gasteiger partial charge on any atom is 0.258 e. The molecule has 1 atom stereocenters. The van der Waals surface area contributed by atoms with Gasteiger partial charge in [0.15, 0.2) is 6.19 Å². The maximum absolute atomic E-state index is 12.4. The van der Waals surface area contributed by atoms with E-state index < -0.39 is 11.9 Å². The molecule has 2 aromatic rings. The molecule has 23 heavy (non-hydrogen) atoms. The van der Waals surface area contributed by atoms with Gasteiger partial charge in [-0.25, -0.2) is 4.90 Å². The fourth-order valence-electron chi connectivity index (χ4n) is 2.51. The van der Waals surface area contributed by atoms with Gasteiger partial charge in [0.05, 0.1) is 0 Å². The van der Waals surface area contributed by atoms with Gasteiger partial charge in [0.1, 0.15) is 6.04 Å². The van der Waals surface area contributed by atoms with E-state index in [1.54, 1.807) is 6.92 Å². The predicted molar refractivity (Wildman–Crippen MR) is 88.3 cm³/mol. The minimum atomic E-state index is -0.742. The van der Waals surface area contributed by atoms with Crippen LogP contribution in [0.5, 0.6) is 0 Å². The highest BCUT2D eigenvalue weighted by Crippen LogP contribution is 2.17. The first kappa shape index (κ1) is 16.5. The van der Waals surface area contributed by atoms with Crippen LogP contribution in [0.25, 0.3) is 10.8 Å². The van der Waals surface area contributed by atoms with Crippen LogP contribution in [-0.2, 0) is 16.0 Å². The lowest BCUT2D eigenvalue weighted by Crippen LogP contribution is -2.47. The Morgan fingerprint density at radius 1 is 1.22 bits per heavy atom. The Balaban J connectivity index is 2.26. The lowest BCUT2D eigenvalue weighted by molar-refractivity contribution is -0.133. The zero-order valence-corrected chi connectivity index (χ0v) is 13.2. The van der Waals surface area contributed by atoms with Crippen molar-refractivity contribution in [2.75, 3.05) is 6.54 Å². The fourth-order valence-corrected chi connectivity index (χ4v) is 2.51. The van der Waals surface area contributed by atoms with Crippen molar-refractivity contribution in [1.82, 2.24) is 10.2 Å². The number of nitrogens with one attached hydrogen (secondary N) is 1. The Bertz CT molecular complexity index is 764. The predicted octanol–water partition coefficient (Wildman–Crippen LogP) is 2.22. The van der Waals surface area contributed by atoms with Gasteiger partial charge in [0.25, 0.3) is 5.91 Å². The van der Waals surface area contributed by atoms with E-state index in [2.05, 4.69) is 5.32 Å². The summed E-state index contributed by atoms with van der Waals surface area (Å²) in [4.78, 5) is 24.9. The highest BCUT2D eigenvalue weighted by Gasteiger charge is 2.24. The van der Waals surface area contributed by atoms with Gasteiger partial charge in [-0.05, 0) is 23.3 Å². The average Bonchev–Trinajstić information content (AvgIpc) is 2.54. The van der Waals surface area contributed by atoms with Crippen molar-refractivity contribution in [1.29, 1.82) is 5.26 Å². The lowest BCUT2D eigenvalue weighted by atomic mass is 10.0. The summed E-state index contributed by atoms with van der Waals surface area (Å²) in [5.74, 6) is -0.684. The molecule has 1 unspecified atom stereocenters. The van der Waals surface area contributed by atoms with Crippen LogP contribution >= 0.6 is 0 Å². The third kappa shape index (κ3) is 4.07. The molecule has 2 rings (SSSR count). The van der Waals surface area contributed by atoms with Crippen LogP contribution < -0.4 is 5.32 Å². The SMILES string of the molecule is CCN(C#N)C(=O)C(Cc1ccc2ccccc2c1)NC(C)=O. The van der Waals surface area contributed by atoms with Crippen LogP contribution in [0.1, 0.15) is 19.4 Å². The second-order valence-corrected chi connectivity index (χ2v) is 5.32. The number of rotatable bonds is 5. The van der Waals surface area contributed by atoms with Crippen LogP contribution in [-0.4, -0.2) is 29.3 Å². The number of carbonyl (C=O) groups is 2. The number of hydrogen-bond acceptors (Lipinski definition) is 3. The monoisotopic (exact) mass is 309 g/mol. The molecule has 0 bridgehead atoms. The van der Waals surface area contributed by atoms with E-state index in [4.69, 9.17) is 5.26 Å². The van der Waals surface area contributed by atoms with Crippen molar-refractivity contribution < 1.29 is 9.59 Å². The molecule has 0 aliphatic carbocycles. The van der Waals surface area contributed by atoms with Gasteiger partial charge >= 0.3 is 0 Å². The van der Waals surface area contributed by atoms with E-state index in [0.717, 1.165) is 21.2 Å². The van der Waals surface area contributed by atoms with Gasteiger partial charge in [0.2, 0.25) is 5.91 Å². The van der Waals surface area contributed by atoms with Crippen molar-refractivity contribution in [3.05, 3.63) is 48.0 Å². The minimum Gasteiger partial charge on any atom is -0.344 e. The van der Waals surface area contributed by atoms with Gasteiger partial charge in [0, 0.05) is 19.9 Å². The third-order valence-corrected chi connectivity index (χ3v) is 3.63. The first-order chi connectivity index (χ1) is 11.0. The fraction of sp³-hybridized carbons (Fsp3) is 0.278. The topological polar surface area (TPSA) is 73.2 Å². The summed E-state index contributed by atoms with van der Waals surface area (Å²) in [6.07, 6.45) is 2.20. The average molecular weight is 309 g/mol. The Morgan fingerprint density at radius 3 is 2.52 bits per heavy atom. The maximum atomic E-state index is 12.4. The van der Waals surface area contributed by atoms with Crippen LogP contribution in [0.15, 0.2) is 42.5 Å². The number of amides is 2. The zero-order valence-electron chi connectivity index (χ0n) is 13.2. The largest absolute Gasteiger partial charge is 0.344 e. The molecule has 0 aromatic heterocycles. The third-order valence-electron chi connectivity index (χ3n) is 3.63. The van der Waals surface area contributed by atoms with Crippen LogP contribution in [0, 0.1) is 11.5 Å². The summed E-state index contributed by atoms with van der Waals surface area (Å²) < 4.78 is 0. The summed E-state index contributed by atoms with van der Waals surface area (Å²) in [5, 5.41) is 13.9. The molecule has 2 amide bonds. The summed E-state index contributed by atoms with van der Waals surface area (Å²) in [6.45, 7) is 3.37. The first-order valence-corrected chi connectivity index (χ1v) is 7.51. The zero-order chi connectivity index (χ0) is 16.8. The van der Waals surface area contributed by atoms with Gasteiger partial charge in [-0.1, -0.05) is 42.5 Å². The van der Waals surface area contributed by atoms with Crippen LogP contribution in [0.3, 0.4) is 0 Å². The lowest BCUT2D eigenvalue weighted by Gasteiger charge is -2.21. The van der Waals surface area contributed by atoms with Gasteiger partial charge in [-0.15, -0.1) is 0 Å².